The van der Waals surface area contributed by atoms with Gasteiger partial charge in [-0.2, -0.15) is 0 Å². The molecular formula is C29H21O+. The van der Waals surface area contributed by atoms with Gasteiger partial charge in [0.2, 0.25) is 0 Å². The third-order valence-electron chi connectivity index (χ3n) is 5.32. The summed E-state index contributed by atoms with van der Waals surface area (Å²) in [5.41, 5.74) is 8.04. The molecule has 0 amide bonds. The van der Waals surface area contributed by atoms with Gasteiger partial charge in [-0.25, -0.2) is 4.42 Å². The molecule has 1 nitrogen and oxygen atoms in total. The van der Waals surface area contributed by atoms with Crippen molar-refractivity contribution >= 4 is 0 Å². The number of benzene rings is 4. The van der Waals surface area contributed by atoms with Gasteiger partial charge in [-0.05, 0) is 34.4 Å². The highest BCUT2D eigenvalue weighted by molar-refractivity contribution is 5.85. The third kappa shape index (κ3) is 3.66. The highest BCUT2D eigenvalue weighted by atomic mass is 16.3. The van der Waals surface area contributed by atoms with E-state index in [0.717, 1.165) is 28.0 Å². The van der Waals surface area contributed by atoms with Crippen LogP contribution in [-0.4, -0.2) is 0 Å². The summed E-state index contributed by atoms with van der Waals surface area (Å²) in [5.74, 6) is 0.855. The average molecular weight is 385 g/mol. The highest BCUT2D eigenvalue weighted by Gasteiger charge is 2.19. The van der Waals surface area contributed by atoms with E-state index in [2.05, 4.69) is 103 Å². The zero-order valence-electron chi connectivity index (χ0n) is 16.5. The van der Waals surface area contributed by atoms with E-state index in [1.54, 1.807) is 0 Å². The van der Waals surface area contributed by atoms with E-state index in [4.69, 9.17) is 4.42 Å². The summed E-state index contributed by atoms with van der Waals surface area (Å²) in [5, 5.41) is 0. The molecule has 0 saturated heterocycles. The molecule has 0 saturated carbocycles. The lowest BCUT2D eigenvalue weighted by Gasteiger charge is -2.07. The molecule has 0 atom stereocenters. The molecule has 0 aliphatic carbocycles. The molecule has 0 N–H and O–H groups in total. The van der Waals surface area contributed by atoms with Crippen LogP contribution in [0.3, 0.4) is 0 Å². The van der Waals surface area contributed by atoms with Crippen molar-refractivity contribution in [1.82, 2.24) is 0 Å². The molecule has 5 rings (SSSR count). The maximum absolute atomic E-state index is 6.11. The zero-order chi connectivity index (χ0) is 20.2. The van der Waals surface area contributed by atoms with Gasteiger partial charge in [0, 0.05) is 5.56 Å². The van der Waals surface area contributed by atoms with Crippen LogP contribution >= 0.6 is 0 Å². The molecule has 0 unspecified atom stereocenters. The highest BCUT2D eigenvalue weighted by Crippen LogP contribution is 2.36. The van der Waals surface area contributed by atoms with Crippen molar-refractivity contribution in [2.75, 3.05) is 0 Å². The van der Waals surface area contributed by atoms with Crippen molar-refractivity contribution in [1.29, 1.82) is 0 Å². The SMILES string of the molecule is c1ccc(-c2ccc(-c3cc(-c4ccccc4)c(-c4ccccc4)c[o+]3)cc2)cc1. The second-order valence-corrected chi connectivity index (χ2v) is 7.25. The smallest absolute Gasteiger partial charge is 0.215 e. The predicted molar refractivity (Wildman–Crippen MR) is 125 cm³/mol. The van der Waals surface area contributed by atoms with E-state index < -0.39 is 0 Å². The lowest BCUT2D eigenvalue weighted by atomic mass is 9.95. The lowest BCUT2D eigenvalue weighted by molar-refractivity contribution is 0.568. The average Bonchev–Trinajstić information content (AvgIpc) is 2.85. The normalized spacial score (nSPS) is 10.7. The standard InChI is InChI=1S/C29H21O/c1-4-10-22(11-5-1)23-16-18-26(19-17-23)29-20-27(24-12-6-2-7-13-24)28(21-30-29)25-14-8-3-9-15-25/h1-21H/q+1. The Morgan fingerprint density at radius 2 is 0.800 bits per heavy atom. The summed E-state index contributed by atoms with van der Waals surface area (Å²) < 4.78 is 6.11. The van der Waals surface area contributed by atoms with Crippen LogP contribution < -0.4 is 0 Å². The minimum atomic E-state index is 0.855. The first kappa shape index (κ1) is 18.1. The molecule has 0 aliphatic rings. The van der Waals surface area contributed by atoms with Gasteiger partial charge in [0.15, 0.2) is 0 Å². The molecule has 0 radical (unpaired) electrons. The molecule has 0 bridgehead atoms. The first-order valence-electron chi connectivity index (χ1n) is 10.1. The van der Waals surface area contributed by atoms with Crippen molar-refractivity contribution in [3.63, 3.8) is 0 Å². The Morgan fingerprint density at radius 1 is 0.367 bits per heavy atom. The van der Waals surface area contributed by atoms with Crippen LogP contribution in [0.4, 0.5) is 0 Å². The molecule has 1 heterocycles. The topological polar surface area (TPSA) is 11.3 Å². The molecule has 30 heavy (non-hydrogen) atoms. The fourth-order valence-corrected chi connectivity index (χ4v) is 3.74. The van der Waals surface area contributed by atoms with Gasteiger partial charge in [0.1, 0.15) is 0 Å². The Labute approximate surface area is 176 Å². The van der Waals surface area contributed by atoms with Gasteiger partial charge in [-0.1, -0.05) is 103 Å². The Balaban J connectivity index is 1.58. The number of hydrogen-bond donors (Lipinski definition) is 0. The van der Waals surface area contributed by atoms with Crippen LogP contribution in [0, 0.1) is 0 Å². The van der Waals surface area contributed by atoms with Crippen LogP contribution in [0.2, 0.25) is 0 Å². The first-order valence-corrected chi connectivity index (χ1v) is 10.1. The largest absolute Gasteiger partial charge is 0.360 e. The van der Waals surface area contributed by atoms with Crippen LogP contribution in [0.15, 0.2) is 132 Å². The van der Waals surface area contributed by atoms with Crippen LogP contribution in [0.1, 0.15) is 0 Å². The van der Waals surface area contributed by atoms with Gasteiger partial charge in [0.05, 0.1) is 17.2 Å². The number of hydrogen-bond acceptors (Lipinski definition) is 0. The van der Waals surface area contributed by atoms with Crippen molar-refractivity contribution in [3.8, 4) is 44.7 Å². The van der Waals surface area contributed by atoms with Crippen LogP contribution in [0.25, 0.3) is 44.7 Å². The molecule has 1 aromatic heterocycles. The Morgan fingerprint density at radius 3 is 1.37 bits per heavy atom. The van der Waals surface area contributed by atoms with Crippen molar-refractivity contribution in [2.45, 2.75) is 0 Å². The predicted octanol–water partition coefficient (Wildman–Crippen LogP) is 8.23. The van der Waals surface area contributed by atoms with E-state index in [0.29, 0.717) is 0 Å². The molecular weight excluding hydrogens is 364 g/mol. The Kier molecular flexibility index (Phi) is 4.93. The van der Waals surface area contributed by atoms with Gasteiger partial charge in [0.25, 0.3) is 0 Å². The lowest BCUT2D eigenvalue weighted by Crippen LogP contribution is -1.88. The maximum atomic E-state index is 6.11. The Hall–Kier alpha value is -3.97. The van der Waals surface area contributed by atoms with Gasteiger partial charge >= 0.3 is 12.0 Å². The minimum absolute atomic E-state index is 0.855. The van der Waals surface area contributed by atoms with E-state index >= 15 is 0 Å². The van der Waals surface area contributed by atoms with Gasteiger partial charge < -0.3 is 0 Å². The second kappa shape index (κ2) is 8.18. The van der Waals surface area contributed by atoms with Crippen molar-refractivity contribution < 1.29 is 4.42 Å². The van der Waals surface area contributed by atoms with Gasteiger partial charge in [-0.3, -0.25) is 0 Å². The monoisotopic (exact) mass is 385 g/mol. The first-order chi connectivity index (χ1) is 14.9. The molecule has 4 aromatic carbocycles. The summed E-state index contributed by atoms with van der Waals surface area (Å²) in [7, 11) is 0. The zero-order valence-corrected chi connectivity index (χ0v) is 16.5. The van der Waals surface area contributed by atoms with Crippen LogP contribution in [0.5, 0.6) is 0 Å². The van der Waals surface area contributed by atoms with Crippen molar-refractivity contribution in [2.24, 2.45) is 0 Å². The van der Waals surface area contributed by atoms with E-state index in [1.165, 1.54) is 16.7 Å². The summed E-state index contributed by atoms with van der Waals surface area (Å²) in [4.78, 5) is 0. The molecule has 0 aliphatic heterocycles. The van der Waals surface area contributed by atoms with E-state index in [-0.39, 0.29) is 0 Å². The minimum Gasteiger partial charge on any atom is -0.215 e. The summed E-state index contributed by atoms with van der Waals surface area (Å²) >= 11 is 0. The third-order valence-corrected chi connectivity index (χ3v) is 5.32. The van der Waals surface area contributed by atoms with Crippen molar-refractivity contribution in [3.05, 3.63) is 128 Å². The second-order valence-electron chi connectivity index (χ2n) is 7.25. The summed E-state index contributed by atoms with van der Waals surface area (Å²) in [6, 6.07) is 42.0. The fraction of sp³-hybridized carbons (Fsp3) is 0. The molecule has 5 aromatic rings. The molecule has 142 valence electrons. The Bertz CT molecular complexity index is 1240. The molecule has 0 fully saturated rings. The van der Waals surface area contributed by atoms with Crippen LogP contribution in [-0.2, 0) is 0 Å². The quantitative estimate of drug-likeness (QED) is 0.284. The maximum Gasteiger partial charge on any atom is 0.360 e. The molecule has 1 heteroatoms. The van der Waals surface area contributed by atoms with E-state index in [1.807, 2.05) is 24.5 Å². The van der Waals surface area contributed by atoms with Gasteiger partial charge in [-0.15, -0.1) is 0 Å². The summed E-state index contributed by atoms with van der Waals surface area (Å²) in [6.45, 7) is 0. The number of rotatable bonds is 4. The summed E-state index contributed by atoms with van der Waals surface area (Å²) in [6.07, 6.45) is 1.87. The molecule has 0 spiro atoms. The fourth-order valence-electron chi connectivity index (χ4n) is 3.74. The van der Waals surface area contributed by atoms with E-state index in [9.17, 15) is 0 Å².